The first-order valence-corrected chi connectivity index (χ1v) is 6.99. The zero-order valence-corrected chi connectivity index (χ0v) is 12.2. The molecular formula is C15H16ClN3O. The van der Waals surface area contributed by atoms with Crippen LogP contribution in [0.25, 0.3) is 0 Å². The number of nitrogens with zero attached hydrogens (tertiary/aromatic N) is 2. The summed E-state index contributed by atoms with van der Waals surface area (Å²) in [5.74, 6) is 0.825. The number of aryl methyl sites for hydroxylation is 1. The van der Waals surface area contributed by atoms with E-state index in [2.05, 4.69) is 24.3 Å². The minimum absolute atomic E-state index is 0.0493. The predicted molar refractivity (Wildman–Crippen MR) is 79.1 cm³/mol. The Bertz CT molecular complexity index is 658. The van der Waals surface area contributed by atoms with Crippen LogP contribution in [0, 0.1) is 0 Å². The van der Waals surface area contributed by atoms with Crippen LogP contribution in [0.3, 0.4) is 0 Å². The summed E-state index contributed by atoms with van der Waals surface area (Å²) in [6, 6.07) is 9.75. The Morgan fingerprint density at radius 2 is 2.00 bits per heavy atom. The maximum atomic E-state index is 11.4. The molecule has 1 aliphatic rings. The predicted octanol–water partition coefficient (Wildman–Crippen LogP) is 3.20. The number of carbonyl (C=O) groups excluding carboxylic acids is 1. The average molecular weight is 290 g/mol. The molecule has 5 heteroatoms. The molecule has 1 aromatic heterocycles. The third-order valence-corrected chi connectivity index (χ3v) is 4.06. The monoisotopic (exact) mass is 289 g/mol. The van der Waals surface area contributed by atoms with E-state index in [-0.39, 0.29) is 11.3 Å². The molecular weight excluding hydrogens is 274 g/mol. The third kappa shape index (κ3) is 2.20. The number of hydrogen-bond acceptors (Lipinski definition) is 2. The topological polar surface area (TPSA) is 46.9 Å². The van der Waals surface area contributed by atoms with Crippen molar-refractivity contribution in [2.75, 3.05) is 5.32 Å². The zero-order chi connectivity index (χ0) is 14.3. The van der Waals surface area contributed by atoms with E-state index < -0.39 is 0 Å². The summed E-state index contributed by atoms with van der Waals surface area (Å²) in [7, 11) is 0. The smallest absolute Gasteiger partial charge is 0.227 e. The maximum absolute atomic E-state index is 11.4. The highest BCUT2D eigenvalue weighted by Crippen LogP contribution is 2.33. The lowest BCUT2D eigenvalue weighted by Crippen LogP contribution is -2.23. The summed E-state index contributed by atoms with van der Waals surface area (Å²) in [4.78, 5) is 11.4. The zero-order valence-electron chi connectivity index (χ0n) is 11.5. The molecule has 0 radical (unpaired) electrons. The molecule has 4 nitrogen and oxygen atoms in total. The standard InChI is InChI=1S/C15H16ClN3O/c1-15(2,10-3-5-11(16)6-4-10)12-9-13-17-14(20)7-8-19(13)18-12/h3-6,9H,7-8H2,1-2H3,(H,17,20). The Labute approximate surface area is 122 Å². The van der Waals surface area contributed by atoms with Gasteiger partial charge in [-0.3, -0.25) is 4.79 Å². The summed E-state index contributed by atoms with van der Waals surface area (Å²) in [6.07, 6.45) is 0.482. The number of carbonyl (C=O) groups is 1. The van der Waals surface area contributed by atoms with E-state index in [1.807, 2.05) is 35.0 Å². The molecule has 1 amide bonds. The minimum atomic E-state index is -0.236. The Kier molecular flexibility index (Phi) is 3.05. The van der Waals surface area contributed by atoms with Crippen LogP contribution in [0.4, 0.5) is 5.82 Å². The molecule has 3 rings (SSSR count). The second-order valence-electron chi connectivity index (χ2n) is 5.57. The number of hydrogen-bond donors (Lipinski definition) is 1. The van der Waals surface area contributed by atoms with Crippen LogP contribution in [0.5, 0.6) is 0 Å². The lowest BCUT2D eigenvalue weighted by molar-refractivity contribution is -0.116. The summed E-state index contributed by atoms with van der Waals surface area (Å²) < 4.78 is 1.86. The van der Waals surface area contributed by atoms with Crippen molar-refractivity contribution >= 4 is 23.3 Å². The van der Waals surface area contributed by atoms with Gasteiger partial charge in [0.15, 0.2) is 0 Å². The van der Waals surface area contributed by atoms with Crippen LogP contribution in [-0.2, 0) is 16.8 Å². The molecule has 1 aliphatic heterocycles. The van der Waals surface area contributed by atoms with E-state index in [1.54, 1.807) is 0 Å². The first kappa shape index (κ1) is 13.2. The van der Waals surface area contributed by atoms with E-state index >= 15 is 0 Å². The summed E-state index contributed by atoms with van der Waals surface area (Å²) in [6.45, 7) is 4.87. The molecule has 104 valence electrons. The minimum Gasteiger partial charge on any atom is -0.311 e. The van der Waals surface area contributed by atoms with Gasteiger partial charge in [0.05, 0.1) is 12.2 Å². The SMILES string of the molecule is CC(C)(c1ccc(Cl)cc1)c1cc2n(n1)CCC(=O)N2. The molecule has 2 aromatic rings. The normalized spacial score (nSPS) is 14.8. The van der Waals surface area contributed by atoms with E-state index in [0.29, 0.717) is 13.0 Å². The van der Waals surface area contributed by atoms with Gasteiger partial charge in [0, 0.05) is 22.9 Å². The molecule has 1 N–H and O–H groups in total. The van der Waals surface area contributed by atoms with Gasteiger partial charge < -0.3 is 5.32 Å². The Balaban J connectivity index is 1.99. The number of aromatic nitrogens is 2. The summed E-state index contributed by atoms with van der Waals surface area (Å²) >= 11 is 5.94. The highest BCUT2D eigenvalue weighted by molar-refractivity contribution is 6.30. The van der Waals surface area contributed by atoms with Crippen LogP contribution in [0.15, 0.2) is 30.3 Å². The quantitative estimate of drug-likeness (QED) is 0.923. The molecule has 0 fully saturated rings. The first-order chi connectivity index (χ1) is 9.46. The fourth-order valence-electron chi connectivity index (χ4n) is 2.42. The van der Waals surface area contributed by atoms with Gasteiger partial charge in [-0.2, -0.15) is 5.10 Å². The molecule has 20 heavy (non-hydrogen) atoms. The van der Waals surface area contributed by atoms with Crippen molar-refractivity contribution in [1.29, 1.82) is 0 Å². The highest BCUT2D eigenvalue weighted by atomic mass is 35.5. The molecule has 0 atom stereocenters. The number of halogens is 1. The second kappa shape index (κ2) is 4.63. The second-order valence-corrected chi connectivity index (χ2v) is 6.00. The van der Waals surface area contributed by atoms with Crippen LogP contribution in [0.1, 0.15) is 31.5 Å². The van der Waals surface area contributed by atoms with E-state index in [1.165, 1.54) is 0 Å². The highest BCUT2D eigenvalue weighted by Gasteiger charge is 2.28. The Morgan fingerprint density at radius 1 is 1.30 bits per heavy atom. The Morgan fingerprint density at radius 3 is 2.70 bits per heavy atom. The number of amides is 1. The van der Waals surface area contributed by atoms with Crippen molar-refractivity contribution in [2.45, 2.75) is 32.2 Å². The number of nitrogens with one attached hydrogen (secondary N) is 1. The van der Waals surface area contributed by atoms with Crippen molar-refractivity contribution in [3.63, 3.8) is 0 Å². The number of benzene rings is 1. The fraction of sp³-hybridized carbons (Fsp3) is 0.333. The number of fused-ring (bicyclic) bond motifs is 1. The molecule has 0 saturated carbocycles. The van der Waals surface area contributed by atoms with E-state index in [4.69, 9.17) is 11.6 Å². The van der Waals surface area contributed by atoms with Gasteiger partial charge in [0.1, 0.15) is 5.82 Å². The number of rotatable bonds is 2. The summed E-state index contributed by atoms with van der Waals surface area (Å²) in [5.41, 5.74) is 1.85. The van der Waals surface area contributed by atoms with Crippen molar-refractivity contribution in [2.24, 2.45) is 0 Å². The molecule has 0 saturated heterocycles. The fourth-order valence-corrected chi connectivity index (χ4v) is 2.55. The maximum Gasteiger partial charge on any atom is 0.227 e. The molecule has 2 heterocycles. The van der Waals surface area contributed by atoms with Crippen molar-refractivity contribution < 1.29 is 4.79 Å². The van der Waals surface area contributed by atoms with Gasteiger partial charge in [0.25, 0.3) is 0 Å². The molecule has 0 bridgehead atoms. The van der Waals surface area contributed by atoms with Crippen molar-refractivity contribution in [1.82, 2.24) is 9.78 Å². The molecule has 0 spiro atoms. The molecule has 1 aromatic carbocycles. The van der Waals surface area contributed by atoms with Crippen LogP contribution in [-0.4, -0.2) is 15.7 Å². The average Bonchev–Trinajstić information content (AvgIpc) is 2.83. The largest absolute Gasteiger partial charge is 0.311 e. The van der Waals surface area contributed by atoms with E-state index in [0.717, 1.165) is 22.1 Å². The number of anilines is 1. The summed E-state index contributed by atoms with van der Waals surface area (Å²) in [5, 5.41) is 8.20. The van der Waals surface area contributed by atoms with Crippen LogP contribution < -0.4 is 5.32 Å². The lowest BCUT2D eigenvalue weighted by atomic mass is 9.81. The van der Waals surface area contributed by atoms with Gasteiger partial charge in [-0.05, 0) is 17.7 Å². The molecule has 0 unspecified atom stereocenters. The van der Waals surface area contributed by atoms with Gasteiger partial charge in [-0.1, -0.05) is 37.6 Å². The van der Waals surface area contributed by atoms with Gasteiger partial charge in [-0.25, -0.2) is 4.68 Å². The molecule has 0 aliphatic carbocycles. The van der Waals surface area contributed by atoms with Crippen LogP contribution >= 0.6 is 11.6 Å². The lowest BCUT2D eigenvalue weighted by Gasteiger charge is -2.23. The Hall–Kier alpha value is -1.81. The first-order valence-electron chi connectivity index (χ1n) is 6.61. The third-order valence-electron chi connectivity index (χ3n) is 3.80. The van der Waals surface area contributed by atoms with Gasteiger partial charge in [0.2, 0.25) is 5.91 Å². The van der Waals surface area contributed by atoms with Crippen molar-refractivity contribution in [3.8, 4) is 0 Å². The van der Waals surface area contributed by atoms with Crippen molar-refractivity contribution in [3.05, 3.63) is 46.6 Å². The van der Waals surface area contributed by atoms with Gasteiger partial charge in [-0.15, -0.1) is 0 Å². The van der Waals surface area contributed by atoms with Gasteiger partial charge >= 0.3 is 0 Å². The van der Waals surface area contributed by atoms with Crippen LogP contribution in [0.2, 0.25) is 5.02 Å². The van der Waals surface area contributed by atoms with E-state index in [9.17, 15) is 4.79 Å².